The number of rotatable bonds is 5. The van der Waals surface area contributed by atoms with Gasteiger partial charge in [0.15, 0.2) is 0 Å². The van der Waals surface area contributed by atoms with Crippen LogP contribution in [0.15, 0.2) is 41.0 Å². The summed E-state index contributed by atoms with van der Waals surface area (Å²) in [6, 6.07) is 9.47. The van der Waals surface area contributed by atoms with E-state index in [9.17, 15) is 4.79 Å². The van der Waals surface area contributed by atoms with Crippen molar-refractivity contribution in [3.05, 3.63) is 52.1 Å². The molecule has 1 heterocycles. The summed E-state index contributed by atoms with van der Waals surface area (Å²) >= 11 is 3.48. The Hall–Kier alpha value is -2.08. The van der Waals surface area contributed by atoms with E-state index in [-0.39, 0.29) is 6.03 Å². The SMILES string of the molecule is CCNC(=O)Nc1ccc(Cc2ccc(OC)c(Br)c2)cn1. The maximum absolute atomic E-state index is 11.4. The van der Waals surface area contributed by atoms with Crippen LogP contribution in [-0.4, -0.2) is 24.7 Å². The molecule has 2 rings (SSSR count). The monoisotopic (exact) mass is 363 g/mol. The number of nitrogens with zero attached hydrogens (tertiary/aromatic N) is 1. The Bertz CT molecular complexity index is 644. The lowest BCUT2D eigenvalue weighted by Gasteiger charge is -2.08. The minimum absolute atomic E-state index is 0.248. The van der Waals surface area contributed by atoms with Gasteiger partial charge in [-0.1, -0.05) is 12.1 Å². The number of anilines is 1. The fourth-order valence-electron chi connectivity index (χ4n) is 1.98. The Labute approximate surface area is 138 Å². The van der Waals surface area contributed by atoms with Gasteiger partial charge in [0.25, 0.3) is 0 Å². The number of benzene rings is 1. The smallest absolute Gasteiger partial charge is 0.320 e. The third-order valence-corrected chi connectivity index (χ3v) is 3.65. The molecule has 0 fully saturated rings. The molecule has 22 heavy (non-hydrogen) atoms. The number of ether oxygens (including phenoxy) is 1. The lowest BCUT2D eigenvalue weighted by Crippen LogP contribution is -2.28. The molecule has 0 saturated heterocycles. The lowest BCUT2D eigenvalue weighted by molar-refractivity contribution is 0.252. The van der Waals surface area contributed by atoms with Gasteiger partial charge in [0.05, 0.1) is 11.6 Å². The molecule has 2 N–H and O–H groups in total. The number of hydrogen-bond donors (Lipinski definition) is 2. The van der Waals surface area contributed by atoms with Crippen molar-refractivity contribution < 1.29 is 9.53 Å². The van der Waals surface area contributed by atoms with E-state index in [1.807, 2.05) is 31.2 Å². The van der Waals surface area contributed by atoms with Crippen LogP contribution < -0.4 is 15.4 Å². The number of halogens is 1. The summed E-state index contributed by atoms with van der Waals surface area (Å²) in [6.45, 7) is 2.44. The van der Waals surface area contributed by atoms with Crippen molar-refractivity contribution in [1.82, 2.24) is 10.3 Å². The largest absolute Gasteiger partial charge is 0.496 e. The molecule has 1 aromatic heterocycles. The predicted molar refractivity (Wildman–Crippen MR) is 90.4 cm³/mol. The molecule has 0 radical (unpaired) electrons. The van der Waals surface area contributed by atoms with Gasteiger partial charge in [-0.05, 0) is 58.6 Å². The number of methoxy groups -OCH3 is 1. The van der Waals surface area contributed by atoms with Crippen LogP contribution in [0.1, 0.15) is 18.1 Å². The molecular weight excluding hydrogens is 346 g/mol. The van der Waals surface area contributed by atoms with Crippen molar-refractivity contribution in [3.8, 4) is 5.75 Å². The normalized spacial score (nSPS) is 10.1. The van der Waals surface area contributed by atoms with Gasteiger partial charge in [0.2, 0.25) is 0 Å². The zero-order valence-corrected chi connectivity index (χ0v) is 14.1. The highest BCUT2D eigenvalue weighted by Crippen LogP contribution is 2.26. The molecule has 1 aromatic carbocycles. The van der Waals surface area contributed by atoms with Crippen molar-refractivity contribution in [2.75, 3.05) is 19.0 Å². The molecule has 0 aliphatic heterocycles. The van der Waals surface area contributed by atoms with E-state index >= 15 is 0 Å². The second kappa shape index (κ2) is 7.79. The number of carbonyl (C=O) groups is 1. The Balaban J connectivity index is 2.02. The first kappa shape index (κ1) is 16.3. The molecule has 6 heteroatoms. The second-order valence-corrected chi connectivity index (χ2v) is 5.54. The summed E-state index contributed by atoms with van der Waals surface area (Å²) in [5.41, 5.74) is 2.22. The maximum atomic E-state index is 11.4. The van der Waals surface area contributed by atoms with Crippen LogP contribution in [0.25, 0.3) is 0 Å². The number of nitrogens with one attached hydrogen (secondary N) is 2. The molecule has 2 aromatic rings. The summed E-state index contributed by atoms with van der Waals surface area (Å²) < 4.78 is 6.14. The van der Waals surface area contributed by atoms with Crippen LogP contribution in [0.2, 0.25) is 0 Å². The fraction of sp³-hybridized carbons (Fsp3) is 0.250. The second-order valence-electron chi connectivity index (χ2n) is 4.68. The molecule has 0 unspecified atom stereocenters. The number of carbonyl (C=O) groups excluding carboxylic acids is 1. The number of amides is 2. The van der Waals surface area contributed by atoms with Crippen LogP contribution in [0.4, 0.5) is 10.6 Å². The zero-order valence-electron chi connectivity index (χ0n) is 12.5. The van der Waals surface area contributed by atoms with Gasteiger partial charge in [-0.3, -0.25) is 5.32 Å². The Kier molecular flexibility index (Phi) is 5.77. The van der Waals surface area contributed by atoms with Crippen molar-refractivity contribution in [3.63, 3.8) is 0 Å². The molecule has 0 aliphatic rings. The van der Waals surface area contributed by atoms with Gasteiger partial charge >= 0.3 is 6.03 Å². The first-order chi connectivity index (χ1) is 10.6. The van der Waals surface area contributed by atoms with Gasteiger partial charge in [-0.15, -0.1) is 0 Å². The topological polar surface area (TPSA) is 63.2 Å². The lowest BCUT2D eigenvalue weighted by atomic mass is 10.1. The molecule has 0 aliphatic carbocycles. The summed E-state index contributed by atoms with van der Waals surface area (Å²) in [5.74, 6) is 1.34. The highest BCUT2D eigenvalue weighted by atomic mass is 79.9. The average Bonchev–Trinajstić information content (AvgIpc) is 2.50. The highest BCUT2D eigenvalue weighted by Gasteiger charge is 2.04. The van der Waals surface area contributed by atoms with Crippen LogP contribution in [-0.2, 0) is 6.42 Å². The van der Waals surface area contributed by atoms with Gasteiger partial charge < -0.3 is 10.1 Å². The van der Waals surface area contributed by atoms with E-state index in [2.05, 4.69) is 31.5 Å². The summed E-state index contributed by atoms with van der Waals surface area (Å²) in [5, 5.41) is 5.33. The van der Waals surface area contributed by atoms with E-state index in [1.54, 1.807) is 19.4 Å². The minimum atomic E-state index is -0.248. The predicted octanol–water partition coefficient (Wildman–Crippen LogP) is 3.58. The van der Waals surface area contributed by atoms with Gasteiger partial charge in [-0.25, -0.2) is 9.78 Å². The molecule has 0 saturated carbocycles. The highest BCUT2D eigenvalue weighted by molar-refractivity contribution is 9.10. The van der Waals surface area contributed by atoms with Gasteiger partial charge in [0.1, 0.15) is 11.6 Å². The summed E-state index contributed by atoms with van der Waals surface area (Å²) in [4.78, 5) is 15.7. The van der Waals surface area contributed by atoms with E-state index in [0.717, 1.165) is 27.8 Å². The first-order valence-electron chi connectivity index (χ1n) is 6.94. The molecule has 5 nitrogen and oxygen atoms in total. The van der Waals surface area contributed by atoms with Crippen molar-refractivity contribution in [2.24, 2.45) is 0 Å². The first-order valence-corrected chi connectivity index (χ1v) is 7.74. The van der Waals surface area contributed by atoms with Gasteiger partial charge in [0, 0.05) is 12.7 Å². The zero-order chi connectivity index (χ0) is 15.9. The van der Waals surface area contributed by atoms with E-state index in [4.69, 9.17) is 4.74 Å². The van der Waals surface area contributed by atoms with Crippen LogP contribution in [0.5, 0.6) is 5.75 Å². The Morgan fingerprint density at radius 2 is 2.05 bits per heavy atom. The molecule has 2 amide bonds. The minimum Gasteiger partial charge on any atom is -0.496 e. The van der Waals surface area contributed by atoms with Gasteiger partial charge in [-0.2, -0.15) is 0 Å². The van der Waals surface area contributed by atoms with E-state index in [1.165, 1.54) is 0 Å². The van der Waals surface area contributed by atoms with Crippen LogP contribution >= 0.6 is 15.9 Å². The standard InChI is InChI=1S/C16H18BrN3O2/c1-3-18-16(21)20-15-7-5-12(10-19-15)8-11-4-6-14(22-2)13(17)9-11/h4-7,9-10H,3,8H2,1-2H3,(H2,18,19,20,21). The fourth-order valence-corrected chi connectivity index (χ4v) is 2.57. The van der Waals surface area contributed by atoms with Crippen molar-refractivity contribution in [1.29, 1.82) is 0 Å². The Morgan fingerprint density at radius 3 is 2.64 bits per heavy atom. The molecule has 0 bridgehead atoms. The Morgan fingerprint density at radius 1 is 1.27 bits per heavy atom. The van der Waals surface area contributed by atoms with E-state index < -0.39 is 0 Å². The molecular formula is C16H18BrN3O2. The number of urea groups is 1. The van der Waals surface area contributed by atoms with Crippen LogP contribution in [0.3, 0.4) is 0 Å². The number of aromatic nitrogens is 1. The third kappa shape index (κ3) is 4.46. The molecule has 0 atom stereocenters. The van der Waals surface area contributed by atoms with Crippen molar-refractivity contribution in [2.45, 2.75) is 13.3 Å². The average molecular weight is 364 g/mol. The molecule has 116 valence electrons. The molecule has 0 spiro atoms. The number of pyridine rings is 1. The summed E-state index contributed by atoms with van der Waals surface area (Å²) in [7, 11) is 1.64. The summed E-state index contributed by atoms with van der Waals surface area (Å²) in [6.07, 6.45) is 2.52. The quantitative estimate of drug-likeness (QED) is 0.853. The van der Waals surface area contributed by atoms with E-state index in [0.29, 0.717) is 12.4 Å². The van der Waals surface area contributed by atoms with Crippen LogP contribution in [0, 0.1) is 0 Å². The number of hydrogen-bond acceptors (Lipinski definition) is 3. The third-order valence-electron chi connectivity index (χ3n) is 3.03. The van der Waals surface area contributed by atoms with Crippen molar-refractivity contribution >= 4 is 27.8 Å². The maximum Gasteiger partial charge on any atom is 0.320 e.